The summed E-state index contributed by atoms with van der Waals surface area (Å²) >= 11 is 1.32. The van der Waals surface area contributed by atoms with Crippen LogP contribution in [0.1, 0.15) is 72.6 Å². The first kappa shape index (κ1) is 28.5. The fourth-order valence-corrected chi connectivity index (χ4v) is 8.80. The Hall–Kier alpha value is -1.47. The zero-order chi connectivity index (χ0) is 27.5. The summed E-state index contributed by atoms with van der Waals surface area (Å²) in [6, 6.07) is -0.467. The van der Waals surface area contributed by atoms with Crippen molar-refractivity contribution in [2.75, 3.05) is 0 Å². The van der Waals surface area contributed by atoms with Gasteiger partial charge in [0.25, 0.3) is 0 Å². The van der Waals surface area contributed by atoms with E-state index >= 15 is 0 Å². The number of rotatable bonds is 6. The average molecular weight is 568 g/mol. The highest BCUT2D eigenvalue weighted by atomic mass is 32.2. The van der Waals surface area contributed by atoms with Gasteiger partial charge in [-0.1, -0.05) is 32.1 Å². The Morgan fingerprint density at radius 1 is 1.05 bits per heavy atom. The van der Waals surface area contributed by atoms with Crippen molar-refractivity contribution in [3.05, 3.63) is 0 Å². The van der Waals surface area contributed by atoms with Gasteiger partial charge in [-0.25, -0.2) is 0 Å². The lowest BCUT2D eigenvalue weighted by atomic mass is 9.78. The molecule has 210 valence electrons. The molecule has 0 radical (unpaired) electrons. The third kappa shape index (κ3) is 4.99. The van der Waals surface area contributed by atoms with Gasteiger partial charge in [-0.2, -0.15) is 17.2 Å². The molecule has 37 heavy (non-hydrogen) atoms. The Kier molecular flexibility index (Phi) is 7.66. The molecule has 4 aliphatic rings. The second-order valence-electron chi connectivity index (χ2n) is 11.5. The van der Waals surface area contributed by atoms with Gasteiger partial charge in [0.15, 0.2) is 6.10 Å². The molecule has 13 heteroatoms. The second kappa shape index (κ2) is 9.93. The van der Waals surface area contributed by atoms with Crippen molar-refractivity contribution >= 4 is 39.7 Å². The number of esters is 2. The number of likely N-dealkylation sites (tertiary alicyclic amines) is 1. The Morgan fingerprint density at radius 3 is 2.16 bits per heavy atom. The number of amides is 1. The summed E-state index contributed by atoms with van der Waals surface area (Å²) in [7, 11) is -5.84. The minimum Gasteiger partial charge on any atom is -0.459 e. The molecule has 3 saturated heterocycles. The maximum atomic E-state index is 14.1. The first-order valence-corrected chi connectivity index (χ1v) is 15.2. The van der Waals surface area contributed by atoms with E-state index in [0.717, 1.165) is 32.1 Å². The van der Waals surface area contributed by atoms with Gasteiger partial charge in [-0.3, -0.25) is 18.9 Å². The number of carbonyl (C=O) groups excluding carboxylic acids is 3. The van der Waals surface area contributed by atoms with E-state index in [2.05, 4.69) is 0 Å². The summed E-state index contributed by atoms with van der Waals surface area (Å²) < 4.78 is 70.2. The number of alkyl halides is 2. The number of thioether (sulfide) groups is 1. The highest BCUT2D eigenvalue weighted by Crippen LogP contribution is 2.61. The molecule has 7 atom stereocenters. The Morgan fingerprint density at radius 2 is 1.62 bits per heavy atom. The lowest BCUT2D eigenvalue weighted by molar-refractivity contribution is -0.171. The molecule has 1 aliphatic carbocycles. The summed E-state index contributed by atoms with van der Waals surface area (Å²) in [4.78, 5) is 41.6. The van der Waals surface area contributed by atoms with E-state index in [0.29, 0.717) is 19.8 Å². The molecule has 1 N–H and O–H groups in total. The van der Waals surface area contributed by atoms with Crippen LogP contribution >= 0.6 is 11.8 Å². The molecule has 4 rings (SSSR count). The van der Waals surface area contributed by atoms with Crippen molar-refractivity contribution < 1.29 is 45.6 Å². The monoisotopic (exact) mass is 567 g/mol. The topological polar surface area (TPSA) is 127 Å². The Labute approximate surface area is 220 Å². The van der Waals surface area contributed by atoms with Crippen molar-refractivity contribution in [1.82, 2.24) is 4.90 Å². The number of nitrogens with zero attached hydrogens (tertiary/aromatic N) is 1. The van der Waals surface area contributed by atoms with Gasteiger partial charge in [0.2, 0.25) is 5.91 Å². The summed E-state index contributed by atoms with van der Waals surface area (Å²) in [6.07, 6.45) is 3.15. The molecule has 0 aromatic carbocycles. The van der Waals surface area contributed by atoms with Crippen LogP contribution in [-0.2, 0) is 34.0 Å². The number of carbonyl (C=O) groups is 3. The number of ether oxygens (including phenoxy) is 2. The normalized spacial score (nSPS) is 33.7. The summed E-state index contributed by atoms with van der Waals surface area (Å²) in [5.41, 5.74) is -0.654. The van der Waals surface area contributed by atoms with E-state index in [1.165, 1.54) is 11.8 Å². The average Bonchev–Trinajstić information content (AvgIpc) is 3.34. The van der Waals surface area contributed by atoms with Gasteiger partial charge in [0, 0.05) is 10.8 Å². The molecule has 1 saturated carbocycles. The van der Waals surface area contributed by atoms with E-state index in [1.807, 2.05) is 20.8 Å². The van der Waals surface area contributed by atoms with Crippen molar-refractivity contribution in [1.29, 1.82) is 0 Å². The highest BCUT2D eigenvalue weighted by molar-refractivity contribution is 8.01. The minimum atomic E-state index is -5.84. The van der Waals surface area contributed by atoms with E-state index in [9.17, 15) is 31.6 Å². The van der Waals surface area contributed by atoms with Crippen molar-refractivity contribution in [3.8, 4) is 0 Å². The largest absolute Gasteiger partial charge is 0.459 e. The standard InChI is InChI=1S/C24H35F2NO8S2/c1-12(24(25,26)37(31,32)33)34-22(30)15-14-18-16(27(20(14)28)23(2,3)4)17(19(15)36-18)35-21(29)13-10-8-6-5-7-9-11-13/h12-19H,5-11H2,1-4H3,(H,31,32,33). The summed E-state index contributed by atoms with van der Waals surface area (Å²) in [5.74, 6) is -4.23. The number of fused-ring (bicyclic) bond motifs is 1. The van der Waals surface area contributed by atoms with Crippen molar-refractivity contribution in [2.24, 2.45) is 17.8 Å². The Balaban J connectivity index is 1.60. The molecule has 4 fully saturated rings. The van der Waals surface area contributed by atoms with Crippen LogP contribution < -0.4 is 0 Å². The lowest BCUT2D eigenvalue weighted by Gasteiger charge is -2.40. The smallest absolute Gasteiger partial charge is 0.405 e. The minimum absolute atomic E-state index is 0.278. The molecule has 0 aromatic rings. The molecule has 1 amide bonds. The van der Waals surface area contributed by atoms with Crippen LogP contribution in [0.3, 0.4) is 0 Å². The van der Waals surface area contributed by atoms with Gasteiger partial charge < -0.3 is 14.4 Å². The maximum absolute atomic E-state index is 14.1. The zero-order valence-electron chi connectivity index (χ0n) is 21.4. The Bertz CT molecular complexity index is 1040. The van der Waals surface area contributed by atoms with Gasteiger partial charge >= 0.3 is 27.3 Å². The zero-order valence-corrected chi connectivity index (χ0v) is 23.0. The number of hydrogen-bond donors (Lipinski definition) is 1. The van der Waals surface area contributed by atoms with E-state index < -0.39 is 67.5 Å². The summed E-state index contributed by atoms with van der Waals surface area (Å²) in [5, 5.41) is -5.83. The van der Waals surface area contributed by atoms with Crippen LogP contribution in [0, 0.1) is 17.8 Å². The molecule has 2 bridgehead atoms. The third-order valence-electron chi connectivity index (χ3n) is 8.02. The molecular formula is C24H35F2NO8S2. The van der Waals surface area contributed by atoms with Crippen LogP contribution in [0.2, 0.25) is 0 Å². The first-order valence-electron chi connectivity index (χ1n) is 12.8. The first-order chi connectivity index (χ1) is 17.1. The van der Waals surface area contributed by atoms with Gasteiger partial charge in [0.1, 0.15) is 6.10 Å². The van der Waals surface area contributed by atoms with E-state index in [1.54, 1.807) is 4.90 Å². The summed E-state index contributed by atoms with van der Waals surface area (Å²) in [6.45, 7) is 6.18. The lowest BCUT2D eigenvalue weighted by Crippen LogP contribution is -2.55. The van der Waals surface area contributed by atoms with Crippen LogP contribution in [0.15, 0.2) is 0 Å². The quantitative estimate of drug-likeness (QED) is 0.379. The fourth-order valence-electron chi connectivity index (χ4n) is 6.26. The van der Waals surface area contributed by atoms with Gasteiger partial charge in [0.05, 0.1) is 29.0 Å². The van der Waals surface area contributed by atoms with Crippen molar-refractivity contribution in [2.45, 2.75) is 112 Å². The van der Waals surface area contributed by atoms with Crippen LogP contribution in [0.4, 0.5) is 8.78 Å². The highest BCUT2D eigenvalue weighted by Gasteiger charge is 2.73. The maximum Gasteiger partial charge on any atom is 0.405 e. The molecule has 9 nitrogen and oxygen atoms in total. The van der Waals surface area contributed by atoms with Gasteiger partial charge in [-0.05, 0) is 40.5 Å². The van der Waals surface area contributed by atoms with Crippen LogP contribution in [0.5, 0.6) is 0 Å². The molecule has 0 spiro atoms. The van der Waals surface area contributed by atoms with Crippen molar-refractivity contribution in [3.63, 3.8) is 0 Å². The predicted octanol–water partition coefficient (Wildman–Crippen LogP) is 3.41. The third-order valence-corrected chi connectivity index (χ3v) is 10.8. The SMILES string of the molecule is CC(OC(=O)C1C2SC3C1C(=O)N(C(C)(C)C)C3C2OC(=O)C1CCCCCCC1)C(F)(F)S(=O)(=O)O. The molecule has 7 unspecified atom stereocenters. The molecule has 3 heterocycles. The van der Waals surface area contributed by atoms with Crippen LogP contribution in [0.25, 0.3) is 0 Å². The van der Waals surface area contributed by atoms with Crippen LogP contribution in [-0.4, -0.2) is 75.3 Å². The molecule has 0 aromatic heterocycles. The second-order valence-corrected chi connectivity index (χ2v) is 14.4. The molecule has 3 aliphatic heterocycles. The molecular weight excluding hydrogens is 532 g/mol. The van der Waals surface area contributed by atoms with E-state index in [4.69, 9.17) is 14.0 Å². The van der Waals surface area contributed by atoms with Gasteiger partial charge in [-0.15, -0.1) is 11.8 Å². The number of halogens is 2. The number of hydrogen-bond acceptors (Lipinski definition) is 8. The predicted molar refractivity (Wildman–Crippen MR) is 130 cm³/mol. The van der Waals surface area contributed by atoms with E-state index in [-0.39, 0.29) is 17.8 Å². The fraction of sp³-hybridized carbons (Fsp3) is 0.875.